The van der Waals surface area contributed by atoms with Crippen LogP contribution in [0.5, 0.6) is 0 Å². The zero-order valence-corrected chi connectivity index (χ0v) is 11.5. The fourth-order valence-corrected chi connectivity index (χ4v) is 2.07. The van der Waals surface area contributed by atoms with Gasteiger partial charge in [0.25, 0.3) is 0 Å². The Bertz CT molecular complexity index is 323. The van der Waals surface area contributed by atoms with E-state index in [1.165, 1.54) is 0 Å². The van der Waals surface area contributed by atoms with Gasteiger partial charge in [-0.1, -0.05) is 26.8 Å². The van der Waals surface area contributed by atoms with Crippen LogP contribution in [-0.2, 0) is 6.54 Å². The van der Waals surface area contributed by atoms with Crippen molar-refractivity contribution in [1.82, 2.24) is 9.88 Å². The molecule has 0 spiro atoms. The van der Waals surface area contributed by atoms with Gasteiger partial charge in [-0.3, -0.25) is 9.88 Å². The van der Waals surface area contributed by atoms with Crippen molar-refractivity contribution < 1.29 is 0 Å². The molecule has 0 amide bonds. The van der Waals surface area contributed by atoms with Gasteiger partial charge in [-0.15, -0.1) is 0 Å². The Morgan fingerprint density at radius 1 is 1.41 bits per heavy atom. The topological polar surface area (TPSA) is 42.2 Å². The lowest BCUT2D eigenvalue weighted by molar-refractivity contribution is 0.0637. The maximum absolute atomic E-state index is 5.98. The zero-order chi connectivity index (χ0) is 12.9. The van der Waals surface area contributed by atoms with Crippen molar-refractivity contribution in [2.45, 2.75) is 39.8 Å². The van der Waals surface area contributed by atoms with Crippen LogP contribution in [0.3, 0.4) is 0 Å². The van der Waals surface area contributed by atoms with Crippen LogP contribution in [0.25, 0.3) is 0 Å². The summed E-state index contributed by atoms with van der Waals surface area (Å²) in [6.45, 7) is 11.4. The largest absolute Gasteiger partial charge is 0.329 e. The Morgan fingerprint density at radius 3 is 2.53 bits per heavy atom. The molecule has 0 saturated heterocycles. The van der Waals surface area contributed by atoms with E-state index in [4.69, 9.17) is 5.73 Å². The van der Waals surface area contributed by atoms with Crippen LogP contribution in [0, 0.1) is 5.92 Å². The van der Waals surface area contributed by atoms with Crippen molar-refractivity contribution in [3.8, 4) is 0 Å². The molecule has 3 heteroatoms. The summed E-state index contributed by atoms with van der Waals surface area (Å²) < 4.78 is 0. The number of nitrogens with zero attached hydrogens (tertiary/aromatic N) is 2. The number of hydrogen-bond donors (Lipinski definition) is 1. The molecule has 1 rings (SSSR count). The van der Waals surface area contributed by atoms with E-state index >= 15 is 0 Å². The van der Waals surface area contributed by atoms with E-state index in [1.807, 2.05) is 18.3 Å². The standard InChI is InChI=1S/C14H25N3/c1-5-17(14(4,11-15)12(2)3)10-13-8-6-7-9-16-13/h6-9,12H,5,10-11,15H2,1-4H3. The molecule has 0 aliphatic carbocycles. The fraction of sp³-hybridized carbons (Fsp3) is 0.643. The van der Waals surface area contributed by atoms with E-state index < -0.39 is 0 Å². The molecule has 0 aliphatic rings. The molecule has 3 nitrogen and oxygen atoms in total. The Kier molecular flexibility index (Phi) is 5.09. The zero-order valence-electron chi connectivity index (χ0n) is 11.5. The number of hydrogen-bond acceptors (Lipinski definition) is 3. The summed E-state index contributed by atoms with van der Waals surface area (Å²) in [7, 11) is 0. The Morgan fingerprint density at radius 2 is 2.12 bits per heavy atom. The third kappa shape index (κ3) is 3.27. The van der Waals surface area contributed by atoms with Crippen LogP contribution in [0.2, 0.25) is 0 Å². The van der Waals surface area contributed by atoms with Crippen LogP contribution in [-0.4, -0.2) is 28.5 Å². The molecule has 1 heterocycles. The first-order valence-corrected chi connectivity index (χ1v) is 6.39. The average molecular weight is 235 g/mol. The van der Waals surface area contributed by atoms with E-state index in [0.717, 1.165) is 18.8 Å². The summed E-state index contributed by atoms with van der Waals surface area (Å²) in [6.07, 6.45) is 1.85. The van der Waals surface area contributed by atoms with Gasteiger partial charge in [-0.2, -0.15) is 0 Å². The van der Waals surface area contributed by atoms with Crippen molar-refractivity contribution in [3.05, 3.63) is 30.1 Å². The monoisotopic (exact) mass is 235 g/mol. The summed E-state index contributed by atoms with van der Waals surface area (Å²) in [6, 6.07) is 6.05. The van der Waals surface area contributed by atoms with Gasteiger partial charge in [-0.25, -0.2) is 0 Å². The van der Waals surface area contributed by atoms with Gasteiger partial charge in [-0.05, 0) is 31.5 Å². The molecule has 17 heavy (non-hydrogen) atoms. The van der Waals surface area contributed by atoms with Crippen LogP contribution < -0.4 is 5.73 Å². The van der Waals surface area contributed by atoms with E-state index in [1.54, 1.807) is 0 Å². The Hall–Kier alpha value is -0.930. The second-order valence-electron chi connectivity index (χ2n) is 5.05. The van der Waals surface area contributed by atoms with E-state index in [0.29, 0.717) is 12.5 Å². The molecule has 1 unspecified atom stereocenters. The average Bonchev–Trinajstić information content (AvgIpc) is 2.36. The van der Waals surface area contributed by atoms with Crippen LogP contribution in [0.15, 0.2) is 24.4 Å². The summed E-state index contributed by atoms with van der Waals surface area (Å²) in [4.78, 5) is 6.81. The number of pyridine rings is 1. The normalized spacial score (nSPS) is 15.2. The van der Waals surface area contributed by atoms with Gasteiger partial charge in [0.15, 0.2) is 0 Å². The lowest BCUT2D eigenvalue weighted by atomic mass is 9.86. The highest BCUT2D eigenvalue weighted by Gasteiger charge is 2.32. The molecule has 0 fully saturated rings. The quantitative estimate of drug-likeness (QED) is 0.822. The van der Waals surface area contributed by atoms with Crippen molar-refractivity contribution in [2.24, 2.45) is 11.7 Å². The first-order valence-electron chi connectivity index (χ1n) is 6.39. The highest BCUT2D eigenvalue weighted by molar-refractivity contribution is 5.05. The predicted molar refractivity (Wildman–Crippen MR) is 72.6 cm³/mol. The maximum atomic E-state index is 5.98. The molecule has 0 radical (unpaired) electrons. The fourth-order valence-electron chi connectivity index (χ4n) is 2.07. The lowest BCUT2D eigenvalue weighted by Crippen LogP contribution is -2.54. The van der Waals surface area contributed by atoms with Crippen molar-refractivity contribution in [3.63, 3.8) is 0 Å². The van der Waals surface area contributed by atoms with Gasteiger partial charge < -0.3 is 5.73 Å². The third-order valence-corrected chi connectivity index (χ3v) is 3.84. The summed E-state index contributed by atoms with van der Waals surface area (Å²) in [5, 5.41) is 0. The molecule has 1 atom stereocenters. The van der Waals surface area contributed by atoms with Crippen molar-refractivity contribution in [1.29, 1.82) is 0 Å². The minimum Gasteiger partial charge on any atom is -0.329 e. The molecule has 0 saturated carbocycles. The molecule has 1 aromatic heterocycles. The highest BCUT2D eigenvalue weighted by atomic mass is 15.2. The van der Waals surface area contributed by atoms with Crippen molar-refractivity contribution >= 4 is 0 Å². The lowest BCUT2D eigenvalue weighted by Gasteiger charge is -2.43. The molecule has 2 N–H and O–H groups in total. The van der Waals surface area contributed by atoms with Crippen LogP contribution in [0.4, 0.5) is 0 Å². The number of likely N-dealkylation sites (N-methyl/N-ethyl adjacent to an activating group) is 1. The van der Waals surface area contributed by atoms with Gasteiger partial charge >= 0.3 is 0 Å². The van der Waals surface area contributed by atoms with E-state index in [2.05, 4.69) is 43.6 Å². The molecule has 0 aromatic carbocycles. The minimum absolute atomic E-state index is 0.0340. The molecule has 1 aromatic rings. The Labute approximate surface area is 105 Å². The SMILES string of the molecule is CCN(Cc1ccccn1)C(C)(CN)C(C)C. The minimum atomic E-state index is 0.0340. The number of rotatable bonds is 6. The first-order chi connectivity index (χ1) is 8.04. The summed E-state index contributed by atoms with van der Waals surface area (Å²) >= 11 is 0. The third-order valence-electron chi connectivity index (χ3n) is 3.84. The van der Waals surface area contributed by atoms with Crippen LogP contribution >= 0.6 is 0 Å². The molecule has 0 aliphatic heterocycles. The maximum Gasteiger partial charge on any atom is 0.0544 e. The van der Waals surface area contributed by atoms with Crippen molar-refractivity contribution in [2.75, 3.05) is 13.1 Å². The smallest absolute Gasteiger partial charge is 0.0544 e. The Balaban J connectivity index is 2.84. The summed E-state index contributed by atoms with van der Waals surface area (Å²) in [5.41, 5.74) is 7.12. The molecular formula is C14H25N3. The number of aromatic nitrogens is 1. The van der Waals surface area contributed by atoms with Crippen LogP contribution in [0.1, 0.15) is 33.4 Å². The van der Waals surface area contributed by atoms with Gasteiger partial charge in [0, 0.05) is 24.8 Å². The first kappa shape index (κ1) is 14.1. The van der Waals surface area contributed by atoms with Gasteiger partial charge in [0.05, 0.1) is 5.69 Å². The second-order valence-corrected chi connectivity index (χ2v) is 5.05. The molecular weight excluding hydrogens is 210 g/mol. The molecule has 96 valence electrons. The predicted octanol–water partition coefficient (Wildman–Crippen LogP) is 2.28. The van der Waals surface area contributed by atoms with E-state index in [9.17, 15) is 0 Å². The molecule has 0 bridgehead atoms. The number of nitrogens with two attached hydrogens (primary N) is 1. The highest BCUT2D eigenvalue weighted by Crippen LogP contribution is 2.24. The van der Waals surface area contributed by atoms with E-state index in [-0.39, 0.29) is 5.54 Å². The van der Waals surface area contributed by atoms with Gasteiger partial charge in [0.2, 0.25) is 0 Å². The van der Waals surface area contributed by atoms with Gasteiger partial charge in [0.1, 0.15) is 0 Å². The summed E-state index contributed by atoms with van der Waals surface area (Å²) in [5.74, 6) is 0.524. The second kappa shape index (κ2) is 6.12.